The van der Waals surface area contributed by atoms with Gasteiger partial charge in [0, 0.05) is 12.4 Å². The molecule has 2 aromatic rings. The van der Waals surface area contributed by atoms with Gasteiger partial charge in [0.1, 0.15) is 17.6 Å². The van der Waals surface area contributed by atoms with Crippen LogP contribution in [0.1, 0.15) is 36.1 Å². The minimum atomic E-state index is -0.575. The van der Waals surface area contributed by atoms with Crippen molar-refractivity contribution in [2.75, 3.05) is 7.11 Å². The van der Waals surface area contributed by atoms with E-state index in [-0.39, 0.29) is 12.0 Å². The van der Waals surface area contributed by atoms with Crippen LogP contribution >= 0.6 is 0 Å². The number of hydrogen-bond donors (Lipinski definition) is 1. The normalized spacial score (nSPS) is 13.8. The molecule has 0 aliphatic heterocycles. The van der Waals surface area contributed by atoms with Gasteiger partial charge >= 0.3 is 5.97 Å². The van der Waals surface area contributed by atoms with Crippen molar-refractivity contribution in [1.29, 1.82) is 0 Å². The molecule has 5 heteroatoms. The van der Waals surface area contributed by atoms with E-state index in [1.807, 2.05) is 32.0 Å². The molecule has 1 N–H and O–H groups in total. The lowest BCUT2D eigenvalue weighted by atomic mass is 10.1. The number of furan rings is 1. The van der Waals surface area contributed by atoms with E-state index in [4.69, 9.17) is 9.15 Å². The molecule has 2 heterocycles. The first-order chi connectivity index (χ1) is 9.61. The van der Waals surface area contributed by atoms with Gasteiger partial charge in [-0.05, 0) is 37.6 Å². The molecule has 0 fully saturated rings. The monoisotopic (exact) mass is 274 g/mol. The van der Waals surface area contributed by atoms with Crippen LogP contribution in [0.5, 0.6) is 0 Å². The van der Waals surface area contributed by atoms with E-state index in [9.17, 15) is 4.79 Å². The van der Waals surface area contributed by atoms with Crippen molar-refractivity contribution in [3.63, 3.8) is 0 Å². The van der Waals surface area contributed by atoms with Gasteiger partial charge in [-0.1, -0.05) is 6.07 Å². The third-order valence-corrected chi connectivity index (χ3v) is 3.06. The number of aromatic nitrogens is 1. The number of pyridine rings is 1. The molecule has 106 valence electrons. The Morgan fingerprint density at radius 3 is 2.75 bits per heavy atom. The fraction of sp³-hybridized carbons (Fsp3) is 0.333. The summed E-state index contributed by atoms with van der Waals surface area (Å²) >= 11 is 0. The molecule has 0 amide bonds. The Hall–Kier alpha value is -2.14. The maximum atomic E-state index is 11.9. The quantitative estimate of drug-likeness (QED) is 0.849. The smallest absolute Gasteiger partial charge is 0.327 e. The summed E-state index contributed by atoms with van der Waals surface area (Å²) in [6, 6.07) is 6.72. The predicted molar refractivity (Wildman–Crippen MR) is 74.0 cm³/mol. The molecule has 0 saturated heterocycles. The molecular formula is C15H18N2O3. The van der Waals surface area contributed by atoms with Crippen LogP contribution in [-0.2, 0) is 9.53 Å². The number of methoxy groups -OCH3 is 1. The van der Waals surface area contributed by atoms with Gasteiger partial charge in [-0.15, -0.1) is 0 Å². The summed E-state index contributed by atoms with van der Waals surface area (Å²) in [6.45, 7) is 3.82. The van der Waals surface area contributed by atoms with Crippen LogP contribution in [-0.4, -0.2) is 18.1 Å². The Morgan fingerprint density at radius 2 is 2.20 bits per heavy atom. The molecule has 0 aromatic carbocycles. The number of ether oxygens (including phenoxy) is 1. The molecule has 0 spiro atoms. The number of nitrogens with zero attached hydrogens (tertiary/aromatic N) is 1. The number of aryl methyl sites for hydroxylation is 1. The Morgan fingerprint density at radius 1 is 1.40 bits per heavy atom. The predicted octanol–water partition coefficient (Wildman–Crippen LogP) is 2.55. The fourth-order valence-corrected chi connectivity index (χ4v) is 1.98. The molecule has 2 atom stereocenters. The number of rotatable bonds is 5. The lowest BCUT2D eigenvalue weighted by molar-refractivity contribution is -0.143. The molecule has 0 bridgehead atoms. The molecule has 0 radical (unpaired) electrons. The number of nitrogens with one attached hydrogen (secondary N) is 1. The summed E-state index contributed by atoms with van der Waals surface area (Å²) in [5, 5.41) is 3.21. The van der Waals surface area contributed by atoms with Crippen molar-refractivity contribution in [3.05, 3.63) is 53.7 Å². The topological polar surface area (TPSA) is 64.4 Å². The zero-order valence-electron chi connectivity index (χ0n) is 11.8. The lowest BCUT2D eigenvalue weighted by Gasteiger charge is -2.20. The van der Waals surface area contributed by atoms with Gasteiger partial charge < -0.3 is 9.15 Å². The molecule has 2 aromatic heterocycles. The van der Waals surface area contributed by atoms with E-state index in [2.05, 4.69) is 10.3 Å². The van der Waals surface area contributed by atoms with Crippen LogP contribution in [0.2, 0.25) is 0 Å². The van der Waals surface area contributed by atoms with Gasteiger partial charge in [-0.25, -0.2) is 4.79 Å². The van der Waals surface area contributed by atoms with Crippen molar-refractivity contribution < 1.29 is 13.9 Å². The van der Waals surface area contributed by atoms with E-state index in [1.54, 1.807) is 18.5 Å². The van der Waals surface area contributed by atoms with Crippen LogP contribution in [0.15, 0.2) is 41.1 Å². The fourth-order valence-electron chi connectivity index (χ4n) is 1.98. The molecule has 2 unspecified atom stereocenters. The summed E-state index contributed by atoms with van der Waals surface area (Å²) in [4.78, 5) is 16.0. The average molecular weight is 274 g/mol. The summed E-state index contributed by atoms with van der Waals surface area (Å²) < 4.78 is 10.4. The molecule has 2 rings (SSSR count). The average Bonchev–Trinajstić information content (AvgIpc) is 2.91. The van der Waals surface area contributed by atoms with Crippen LogP contribution in [0, 0.1) is 6.92 Å². The first kappa shape index (κ1) is 14.3. The van der Waals surface area contributed by atoms with Gasteiger partial charge in [0.25, 0.3) is 0 Å². The van der Waals surface area contributed by atoms with Crippen molar-refractivity contribution in [1.82, 2.24) is 10.3 Å². The van der Waals surface area contributed by atoms with Crippen LogP contribution < -0.4 is 5.32 Å². The minimum Gasteiger partial charge on any atom is -0.468 e. The van der Waals surface area contributed by atoms with E-state index < -0.39 is 6.04 Å². The van der Waals surface area contributed by atoms with E-state index >= 15 is 0 Å². The summed E-state index contributed by atoms with van der Waals surface area (Å²) in [6.07, 6.45) is 3.31. The molecule has 5 nitrogen and oxygen atoms in total. The van der Waals surface area contributed by atoms with Crippen molar-refractivity contribution in [2.45, 2.75) is 25.9 Å². The number of carbonyl (C=O) groups excluding carboxylic acids is 1. The highest BCUT2D eigenvalue weighted by Gasteiger charge is 2.24. The van der Waals surface area contributed by atoms with Gasteiger partial charge in [-0.2, -0.15) is 0 Å². The van der Waals surface area contributed by atoms with Crippen LogP contribution in [0.4, 0.5) is 0 Å². The first-order valence-electron chi connectivity index (χ1n) is 6.42. The standard InChI is InChI=1S/C15H18N2O3/c1-10-6-7-13(20-10)11(2)17-14(15(18)19-3)12-5-4-8-16-9-12/h4-9,11,14,17H,1-3H3. The van der Waals surface area contributed by atoms with Crippen molar-refractivity contribution in [3.8, 4) is 0 Å². The number of hydrogen-bond acceptors (Lipinski definition) is 5. The number of carbonyl (C=O) groups is 1. The highest BCUT2D eigenvalue weighted by Crippen LogP contribution is 2.21. The minimum absolute atomic E-state index is 0.118. The van der Waals surface area contributed by atoms with Gasteiger partial charge in [-0.3, -0.25) is 10.3 Å². The summed E-state index contributed by atoms with van der Waals surface area (Å²) in [5.41, 5.74) is 0.759. The second-order valence-corrected chi connectivity index (χ2v) is 4.58. The Kier molecular flexibility index (Phi) is 4.53. The van der Waals surface area contributed by atoms with E-state index in [0.29, 0.717) is 0 Å². The Labute approximate surface area is 118 Å². The first-order valence-corrected chi connectivity index (χ1v) is 6.42. The maximum absolute atomic E-state index is 11.9. The van der Waals surface area contributed by atoms with E-state index in [1.165, 1.54) is 7.11 Å². The molecule has 0 saturated carbocycles. The highest BCUT2D eigenvalue weighted by molar-refractivity contribution is 5.77. The van der Waals surface area contributed by atoms with E-state index in [0.717, 1.165) is 17.1 Å². The summed E-state index contributed by atoms with van der Waals surface area (Å²) in [5.74, 6) is 1.26. The second kappa shape index (κ2) is 6.34. The third kappa shape index (κ3) is 3.24. The van der Waals surface area contributed by atoms with Crippen LogP contribution in [0.25, 0.3) is 0 Å². The Balaban J connectivity index is 2.18. The zero-order chi connectivity index (χ0) is 14.5. The molecule has 20 heavy (non-hydrogen) atoms. The van der Waals surface area contributed by atoms with Crippen molar-refractivity contribution in [2.24, 2.45) is 0 Å². The summed E-state index contributed by atoms with van der Waals surface area (Å²) in [7, 11) is 1.37. The van der Waals surface area contributed by atoms with Crippen LogP contribution in [0.3, 0.4) is 0 Å². The second-order valence-electron chi connectivity index (χ2n) is 4.58. The lowest BCUT2D eigenvalue weighted by Crippen LogP contribution is -2.31. The Bertz CT molecular complexity index is 566. The third-order valence-electron chi connectivity index (χ3n) is 3.06. The maximum Gasteiger partial charge on any atom is 0.327 e. The van der Waals surface area contributed by atoms with Crippen molar-refractivity contribution >= 4 is 5.97 Å². The van der Waals surface area contributed by atoms with Gasteiger partial charge in [0.2, 0.25) is 0 Å². The zero-order valence-corrected chi connectivity index (χ0v) is 11.8. The van der Waals surface area contributed by atoms with Gasteiger partial charge in [0.05, 0.1) is 13.2 Å². The SMILES string of the molecule is COC(=O)C(NC(C)c1ccc(C)o1)c1cccnc1. The molecular weight excluding hydrogens is 256 g/mol. The highest BCUT2D eigenvalue weighted by atomic mass is 16.5. The number of esters is 1. The molecule has 0 aliphatic carbocycles. The molecule has 0 aliphatic rings. The largest absolute Gasteiger partial charge is 0.468 e. The van der Waals surface area contributed by atoms with Gasteiger partial charge in [0.15, 0.2) is 0 Å².